The Balaban J connectivity index is 1.87. The van der Waals surface area contributed by atoms with Crippen LogP contribution in [0.5, 0.6) is 5.75 Å². The summed E-state index contributed by atoms with van der Waals surface area (Å²) < 4.78 is 6.51. The van der Waals surface area contributed by atoms with E-state index in [4.69, 9.17) is 4.74 Å². The Hall–Kier alpha value is -2.34. The van der Waals surface area contributed by atoms with Crippen LogP contribution < -0.4 is 10.1 Å². The number of halogens is 1. The smallest absolute Gasteiger partial charge is 0.275 e. The fraction of sp³-hybridized carbons (Fsp3) is 0.263. The van der Waals surface area contributed by atoms with Gasteiger partial charge in [0, 0.05) is 16.5 Å². The third kappa shape index (κ3) is 2.61. The summed E-state index contributed by atoms with van der Waals surface area (Å²) in [4.78, 5) is 11.3. The molecule has 2 aromatic carbocycles. The van der Waals surface area contributed by atoms with Crippen LogP contribution in [0.25, 0.3) is 0 Å². The highest BCUT2D eigenvalue weighted by atomic mass is 79.9. The van der Waals surface area contributed by atoms with Crippen LogP contribution >= 0.6 is 15.9 Å². The van der Waals surface area contributed by atoms with Crippen LogP contribution in [0.1, 0.15) is 29.5 Å². The number of hydrogen-bond acceptors (Lipinski definition) is 4. The summed E-state index contributed by atoms with van der Waals surface area (Å²) in [6.07, 6.45) is 5.12. The highest BCUT2D eigenvalue weighted by molar-refractivity contribution is 9.10. The number of benzene rings is 2. The summed E-state index contributed by atoms with van der Waals surface area (Å²) >= 11 is 3.47. The molecule has 5 nitrogen and oxygen atoms in total. The molecule has 1 N–H and O–H groups in total. The lowest BCUT2D eigenvalue weighted by atomic mass is 9.76. The van der Waals surface area contributed by atoms with E-state index in [1.54, 1.807) is 19.2 Å². The van der Waals surface area contributed by atoms with E-state index in [0.717, 1.165) is 22.1 Å². The van der Waals surface area contributed by atoms with Crippen LogP contribution in [-0.4, -0.2) is 12.0 Å². The lowest BCUT2D eigenvalue weighted by molar-refractivity contribution is -0.385. The number of fused-ring (bicyclic) bond motifs is 3. The van der Waals surface area contributed by atoms with Gasteiger partial charge in [-0.2, -0.15) is 0 Å². The predicted octanol–water partition coefficient (Wildman–Crippen LogP) is 5.19. The third-order valence-corrected chi connectivity index (χ3v) is 5.63. The van der Waals surface area contributed by atoms with Gasteiger partial charge in [0.15, 0.2) is 0 Å². The maximum absolute atomic E-state index is 11.6. The molecule has 0 bridgehead atoms. The molecule has 3 unspecified atom stereocenters. The zero-order valence-electron chi connectivity index (χ0n) is 13.6. The molecule has 2 aliphatic rings. The molecule has 6 heteroatoms. The van der Waals surface area contributed by atoms with Crippen LogP contribution in [0.4, 0.5) is 11.4 Å². The Kier molecular flexibility index (Phi) is 4.00. The van der Waals surface area contributed by atoms with Gasteiger partial charge in [0.1, 0.15) is 5.75 Å². The Morgan fingerprint density at radius 3 is 2.68 bits per heavy atom. The van der Waals surface area contributed by atoms with Gasteiger partial charge in [0.2, 0.25) is 0 Å². The van der Waals surface area contributed by atoms with Gasteiger partial charge < -0.3 is 10.1 Å². The molecular formula is C19H17BrN2O3. The van der Waals surface area contributed by atoms with Gasteiger partial charge in [-0.25, -0.2) is 0 Å². The lowest BCUT2D eigenvalue weighted by Gasteiger charge is -2.37. The van der Waals surface area contributed by atoms with E-state index >= 15 is 0 Å². The minimum Gasteiger partial charge on any atom is -0.495 e. The van der Waals surface area contributed by atoms with E-state index in [-0.39, 0.29) is 28.5 Å². The van der Waals surface area contributed by atoms with Crippen molar-refractivity contribution in [2.75, 3.05) is 12.4 Å². The van der Waals surface area contributed by atoms with E-state index in [1.165, 1.54) is 5.56 Å². The van der Waals surface area contributed by atoms with Crippen LogP contribution in [-0.2, 0) is 0 Å². The second kappa shape index (κ2) is 6.19. The van der Waals surface area contributed by atoms with Crippen molar-refractivity contribution < 1.29 is 9.66 Å². The van der Waals surface area contributed by atoms with Crippen LogP contribution in [0.2, 0.25) is 0 Å². The third-order valence-electron chi connectivity index (χ3n) is 5.10. The van der Waals surface area contributed by atoms with E-state index in [0.29, 0.717) is 5.75 Å². The molecule has 0 aromatic heterocycles. The SMILES string of the molecule is COc1ccc([N+](=O)[O-])c2c1NC(c1ccc(Br)cc1)C1CC=CC21. The molecular weight excluding hydrogens is 384 g/mol. The molecule has 0 saturated heterocycles. The summed E-state index contributed by atoms with van der Waals surface area (Å²) in [6.45, 7) is 0. The molecule has 25 heavy (non-hydrogen) atoms. The number of ether oxygens (including phenoxy) is 1. The van der Waals surface area contributed by atoms with Crippen molar-refractivity contribution in [1.29, 1.82) is 0 Å². The molecule has 1 heterocycles. The van der Waals surface area contributed by atoms with Crippen molar-refractivity contribution >= 4 is 27.3 Å². The van der Waals surface area contributed by atoms with Gasteiger partial charge in [-0.05, 0) is 36.1 Å². The predicted molar refractivity (Wildman–Crippen MR) is 100 cm³/mol. The highest BCUT2D eigenvalue weighted by Crippen LogP contribution is 2.54. The molecule has 128 valence electrons. The van der Waals surface area contributed by atoms with E-state index in [9.17, 15) is 10.1 Å². The van der Waals surface area contributed by atoms with Crippen molar-refractivity contribution in [2.24, 2.45) is 5.92 Å². The number of nitrogens with one attached hydrogen (secondary N) is 1. The molecule has 0 spiro atoms. The fourth-order valence-electron chi connectivity index (χ4n) is 3.99. The summed E-state index contributed by atoms with van der Waals surface area (Å²) in [7, 11) is 1.59. The van der Waals surface area contributed by atoms with E-state index in [1.807, 2.05) is 12.1 Å². The monoisotopic (exact) mass is 400 g/mol. The average Bonchev–Trinajstić information content (AvgIpc) is 3.10. The number of methoxy groups -OCH3 is 1. The van der Waals surface area contributed by atoms with Crippen LogP contribution in [0, 0.1) is 16.0 Å². The minimum atomic E-state index is -0.302. The molecule has 2 aromatic rings. The van der Waals surface area contributed by atoms with E-state index < -0.39 is 0 Å². The van der Waals surface area contributed by atoms with Crippen molar-refractivity contribution in [2.45, 2.75) is 18.4 Å². The molecule has 0 radical (unpaired) electrons. The second-order valence-corrected chi connectivity index (χ2v) is 7.28. The van der Waals surface area contributed by atoms with E-state index in [2.05, 4.69) is 45.5 Å². The molecule has 0 saturated carbocycles. The fourth-order valence-corrected chi connectivity index (χ4v) is 4.26. The second-order valence-electron chi connectivity index (χ2n) is 6.36. The molecule has 0 amide bonds. The van der Waals surface area contributed by atoms with Crippen molar-refractivity contribution in [3.8, 4) is 5.75 Å². The summed E-state index contributed by atoms with van der Waals surface area (Å²) in [5, 5.41) is 15.1. The number of anilines is 1. The van der Waals surface area contributed by atoms with Gasteiger partial charge in [0.25, 0.3) is 5.69 Å². The zero-order valence-corrected chi connectivity index (χ0v) is 15.2. The van der Waals surface area contributed by atoms with Gasteiger partial charge in [0.05, 0.1) is 29.3 Å². The topological polar surface area (TPSA) is 64.4 Å². The Morgan fingerprint density at radius 1 is 1.24 bits per heavy atom. The zero-order chi connectivity index (χ0) is 17.6. The maximum Gasteiger partial charge on any atom is 0.275 e. The first kappa shape index (κ1) is 16.1. The standard InChI is InChI=1S/C19H17BrN2O3/c1-25-16-10-9-15(22(23)24)17-13-3-2-4-14(13)18(21-19(16)17)11-5-7-12(20)8-6-11/h2-3,5-10,13-14,18,21H,4H2,1H3. The first-order valence-electron chi connectivity index (χ1n) is 8.14. The quantitative estimate of drug-likeness (QED) is 0.437. The summed E-state index contributed by atoms with van der Waals surface area (Å²) in [6, 6.07) is 11.5. The molecule has 1 aliphatic carbocycles. The Bertz CT molecular complexity index is 864. The van der Waals surface area contributed by atoms with Crippen molar-refractivity contribution in [3.63, 3.8) is 0 Å². The molecule has 1 aliphatic heterocycles. The first-order chi connectivity index (χ1) is 12.1. The summed E-state index contributed by atoms with van der Waals surface area (Å²) in [5.41, 5.74) is 2.79. The molecule has 3 atom stereocenters. The number of allylic oxidation sites excluding steroid dienone is 2. The molecule has 0 fully saturated rings. The number of nitrogens with zero attached hydrogens (tertiary/aromatic N) is 1. The van der Waals surface area contributed by atoms with Crippen LogP contribution in [0.3, 0.4) is 0 Å². The Morgan fingerprint density at radius 2 is 2.00 bits per heavy atom. The van der Waals surface area contributed by atoms with Gasteiger partial charge in [-0.1, -0.05) is 40.2 Å². The Labute approximate surface area is 154 Å². The van der Waals surface area contributed by atoms with Gasteiger partial charge in [-0.3, -0.25) is 10.1 Å². The van der Waals surface area contributed by atoms with Gasteiger partial charge >= 0.3 is 0 Å². The number of hydrogen-bond donors (Lipinski definition) is 1. The van der Waals surface area contributed by atoms with Crippen LogP contribution in [0.15, 0.2) is 53.0 Å². The largest absolute Gasteiger partial charge is 0.495 e. The maximum atomic E-state index is 11.6. The van der Waals surface area contributed by atoms with Crippen molar-refractivity contribution in [1.82, 2.24) is 0 Å². The number of nitro groups is 1. The lowest BCUT2D eigenvalue weighted by Crippen LogP contribution is -2.30. The molecule has 4 rings (SSSR count). The minimum absolute atomic E-state index is 0.0143. The number of rotatable bonds is 3. The first-order valence-corrected chi connectivity index (χ1v) is 8.93. The highest BCUT2D eigenvalue weighted by Gasteiger charge is 2.42. The normalized spacial score (nSPS) is 23.5. The summed E-state index contributed by atoms with van der Waals surface area (Å²) in [5.74, 6) is 0.904. The van der Waals surface area contributed by atoms with Crippen molar-refractivity contribution in [3.05, 3.63) is 74.3 Å². The van der Waals surface area contributed by atoms with Gasteiger partial charge in [-0.15, -0.1) is 0 Å². The number of nitro benzene ring substituents is 1. The average molecular weight is 401 g/mol.